The van der Waals surface area contributed by atoms with Gasteiger partial charge in [-0.1, -0.05) is 6.92 Å². The number of carboxylic acids is 1. The van der Waals surface area contributed by atoms with Gasteiger partial charge in [-0.15, -0.1) is 0 Å². The largest absolute Gasteiger partial charge is 0.481 e. The fraction of sp³-hybridized carbons (Fsp3) is 0.800. The number of carboxylic acid groups (broad SMARTS) is 1. The third-order valence-electron chi connectivity index (χ3n) is 2.74. The molecule has 8 heteroatoms. The van der Waals surface area contributed by atoms with Crippen LogP contribution in [0.25, 0.3) is 0 Å². The third kappa shape index (κ3) is 3.41. The molecule has 0 spiro atoms. The van der Waals surface area contributed by atoms with Crippen LogP contribution < -0.4 is 0 Å². The molecule has 0 bridgehead atoms. The Hall–Kier alpha value is -1.17. The van der Waals surface area contributed by atoms with Gasteiger partial charge < -0.3 is 9.84 Å². The average Bonchev–Trinajstić information content (AvgIpc) is 2.29. The molecular weight excluding hydrogens is 260 g/mol. The van der Waals surface area contributed by atoms with Crippen LogP contribution in [0.1, 0.15) is 19.8 Å². The van der Waals surface area contributed by atoms with Crippen LogP contribution in [-0.4, -0.2) is 54.8 Å². The van der Waals surface area contributed by atoms with Crippen molar-refractivity contribution in [2.24, 2.45) is 0 Å². The molecule has 7 nitrogen and oxygen atoms in total. The van der Waals surface area contributed by atoms with E-state index in [1.165, 1.54) is 0 Å². The fourth-order valence-electron chi connectivity index (χ4n) is 1.79. The van der Waals surface area contributed by atoms with Crippen LogP contribution in [-0.2, 0) is 19.6 Å². The summed E-state index contributed by atoms with van der Waals surface area (Å²) in [6.45, 7) is 1.93. The Balaban J connectivity index is 2.77. The van der Waals surface area contributed by atoms with Gasteiger partial charge >= 0.3 is 5.97 Å². The van der Waals surface area contributed by atoms with Crippen LogP contribution >= 0.6 is 0 Å². The van der Waals surface area contributed by atoms with E-state index in [-0.39, 0.29) is 32.5 Å². The molecule has 1 aliphatic rings. The van der Waals surface area contributed by atoms with Gasteiger partial charge in [0, 0.05) is 13.1 Å². The van der Waals surface area contributed by atoms with Crippen molar-refractivity contribution in [3.8, 4) is 6.07 Å². The fourth-order valence-corrected chi connectivity index (χ4v) is 3.41. The number of hydrogen-bond acceptors (Lipinski definition) is 5. The van der Waals surface area contributed by atoms with Gasteiger partial charge in [0.05, 0.1) is 25.2 Å². The SMILES string of the molecule is CCC(C#N)S(=O)(=O)N1CCOC(CC(=O)O)C1. The zero-order valence-electron chi connectivity index (χ0n) is 10.1. The second-order valence-electron chi connectivity index (χ2n) is 4.02. The average molecular weight is 276 g/mol. The number of aliphatic carboxylic acids is 1. The second kappa shape index (κ2) is 6.13. The molecule has 2 unspecified atom stereocenters. The third-order valence-corrected chi connectivity index (χ3v) is 4.95. The molecule has 1 saturated heterocycles. The first-order chi connectivity index (χ1) is 8.41. The number of nitrogens with zero attached hydrogens (tertiary/aromatic N) is 2. The summed E-state index contributed by atoms with van der Waals surface area (Å²) in [5.41, 5.74) is 0. The molecule has 1 aliphatic heterocycles. The number of carbonyl (C=O) groups is 1. The molecular formula is C10H16N2O5S. The van der Waals surface area contributed by atoms with E-state index >= 15 is 0 Å². The lowest BCUT2D eigenvalue weighted by molar-refractivity contribution is -0.141. The minimum Gasteiger partial charge on any atom is -0.481 e. The lowest BCUT2D eigenvalue weighted by atomic mass is 10.2. The normalized spacial score (nSPS) is 23.2. The van der Waals surface area contributed by atoms with Gasteiger partial charge in [-0.2, -0.15) is 9.57 Å². The first-order valence-electron chi connectivity index (χ1n) is 5.63. The molecule has 0 saturated carbocycles. The molecule has 0 aromatic heterocycles. The topological polar surface area (TPSA) is 108 Å². The van der Waals surface area contributed by atoms with Crippen molar-refractivity contribution in [3.63, 3.8) is 0 Å². The van der Waals surface area contributed by atoms with Crippen molar-refractivity contribution in [2.45, 2.75) is 31.1 Å². The summed E-state index contributed by atoms with van der Waals surface area (Å²) in [7, 11) is -3.69. The summed E-state index contributed by atoms with van der Waals surface area (Å²) in [5.74, 6) is -1.04. The number of hydrogen-bond donors (Lipinski definition) is 1. The standard InChI is InChI=1S/C10H16N2O5S/c1-2-9(6-11)18(15,16)12-3-4-17-8(7-12)5-10(13)14/h8-9H,2-5,7H2,1H3,(H,13,14). The van der Waals surface area contributed by atoms with E-state index in [4.69, 9.17) is 15.1 Å². The van der Waals surface area contributed by atoms with Gasteiger partial charge in [-0.3, -0.25) is 4.79 Å². The number of morpholine rings is 1. The Morgan fingerprint density at radius 3 is 2.83 bits per heavy atom. The van der Waals surface area contributed by atoms with Gasteiger partial charge in [0.2, 0.25) is 10.0 Å². The van der Waals surface area contributed by atoms with E-state index < -0.39 is 27.3 Å². The Morgan fingerprint density at radius 1 is 1.67 bits per heavy atom. The van der Waals surface area contributed by atoms with E-state index in [1.54, 1.807) is 13.0 Å². The molecule has 0 aliphatic carbocycles. The van der Waals surface area contributed by atoms with Crippen LogP contribution in [0.3, 0.4) is 0 Å². The van der Waals surface area contributed by atoms with Crippen LogP contribution in [0, 0.1) is 11.3 Å². The number of sulfonamides is 1. The highest BCUT2D eigenvalue weighted by Gasteiger charge is 2.35. The molecule has 1 rings (SSSR count). The molecule has 0 amide bonds. The van der Waals surface area contributed by atoms with E-state index in [2.05, 4.69) is 0 Å². The first kappa shape index (κ1) is 14.9. The smallest absolute Gasteiger partial charge is 0.306 e. The maximum Gasteiger partial charge on any atom is 0.306 e. The minimum absolute atomic E-state index is 0.00713. The predicted octanol–water partition coefficient (Wildman–Crippen LogP) is -0.206. The zero-order valence-corrected chi connectivity index (χ0v) is 10.9. The molecule has 0 aromatic carbocycles. The molecule has 1 fully saturated rings. The maximum atomic E-state index is 12.1. The molecule has 1 N–H and O–H groups in total. The first-order valence-corrected chi connectivity index (χ1v) is 7.14. The van der Waals surface area contributed by atoms with Gasteiger partial charge in [-0.05, 0) is 6.42 Å². The second-order valence-corrected chi connectivity index (χ2v) is 6.13. The molecule has 2 atom stereocenters. The van der Waals surface area contributed by atoms with Crippen molar-refractivity contribution < 1.29 is 23.1 Å². The van der Waals surface area contributed by atoms with E-state index in [1.807, 2.05) is 0 Å². The number of ether oxygens (including phenoxy) is 1. The Morgan fingerprint density at radius 2 is 2.33 bits per heavy atom. The minimum atomic E-state index is -3.69. The summed E-state index contributed by atoms with van der Waals surface area (Å²) in [6, 6.07) is 1.76. The van der Waals surface area contributed by atoms with Crippen LogP contribution in [0.4, 0.5) is 0 Å². The molecule has 1 heterocycles. The van der Waals surface area contributed by atoms with Crippen molar-refractivity contribution in [3.05, 3.63) is 0 Å². The monoisotopic (exact) mass is 276 g/mol. The lowest BCUT2D eigenvalue weighted by Crippen LogP contribution is -2.49. The summed E-state index contributed by atoms with van der Waals surface area (Å²) < 4.78 is 30.5. The van der Waals surface area contributed by atoms with Crippen molar-refractivity contribution in [1.29, 1.82) is 5.26 Å². The van der Waals surface area contributed by atoms with Crippen LogP contribution in [0.5, 0.6) is 0 Å². The molecule has 0 aromatic rings. The van der Waals surface area contributed by atoms with Crippen molar-refractivity contribution in [1.82, 2.24) is 4.31 Å². The zero-order chi connectivity index (χ0) is 13.8. The molecule has 0 radical (unpaired) electrons. The highest BCUT2D eigenvalue weighted by molar-refractivity contribution is 7.90. The number of rotatable bonds is 5. The van der Waals surface area contributed by atoms with E-state index in [9.17, 15) is 13.2 Å². The van der Waals surface area contributed by atoms with Gasteiger partial charge in [-0.25, -0.2) is 8.42 Å². The van der Waals surface area contributed by atoms with E-state index in [0.717, 1.165) is 4.31 Å². The predicted molar refractivity (Wildman–Crippen MR) is 62.2 cm³/mol. The van der Waals surface area contributed by atoms with Crippen molar-refractivity contribution in [2.75, 3.05) is 19.7 Å². The Bertz CT molecular complexity index is 442. The van der Waals surface area contributed by atoms with Gasteiger partial charge in [0.25, 0.3) is 0 Å². The highest BCUT2D eigenvalue weighted by atomic mass is 32.2. The molecule has 18 heavy (non-hydrogen) atoms. The van der Waals surface area contributed by atoms with Gasteiger partial charge in [0.15, 0.2) is 5.25 Å². The van der Waals surface area contributed by atoms with E-state index in [0.29, 0.717) is 0 Å². The lowest BCUT2D eigenvalue weighted by Gasteiger charge is -2.32. The summed E-state index contributed by atoms with van der Waals surface area (Å²) in [4.78, 5) is 10.6. The van der Waals surface area contributed by atoms with Crippen LogP contribution in [0.2, 0.25) is 0 Å². The summed E-state index contributed by atoms with van der Waals surface area (Å²) >= 11 is 0. The highest BCUT2D eigenvalue weighted by Crippen LogP contribution is 2.17. The maximum absolute atomic E-state index is 12.1. The number of nitriles is 1. The summed E-state index contributed by atoms with van der Waals surface area (Å²) in [5, 5.41) is 16.4. The Kier molecular flexibility index (Phi) is 5.07. The van der Waals surface area contributed by atoms with Crippen LogP contribution in [0.15, 0.2) is 0 Å². The van der Waals surface area contributed by atoms with Gasteiger partial charge in [0.1, 0.15) is 0 Å². The van der Waals surface area contributed by atoms with Crippen molar-refractivity contribution >= 4 is 16.0 Å². The quantitative estimate of drug-likeness (QED) is 0.744. The summed E-state index contributed by atoms with van der Waals surface area (Å²) in [6.07, 6.45) is -0.683. The Labute approximate surface area is 106 Å². The molecule has 102 valence electrons.